The van der Waals surface area contributed by atoms with Crippen LogP contribution in [-0.4, -0.2) is 143 Å². The molecule has 0 atom stereocenters. The maximum atomic E-state index is 13.5. The Bertz CT molecular complexity index is 2770. The maximum Gasteiger partial charge on any atom is 0.274 e. The summed E-state index contributed by atoms with van der Waals surface area (Å²) < 4.78 is 12.9. The molecule has 2 amide bonds. The predicted octanol–water partition coefficient (Wildman–Crippen LogP) is 5.05. The Hall–Kier alpha value is -6.54. The molecule has 0 unspecified atom stereocenters. The van der Waals surface area contributed by atoms with Crippen molar-refractivity contribution in [2.75, 3.05) is 76.2 Å². The van der Waals surface area contributed by atoms with Gasteiger partial charge in [-0.3, -0.25) is 19.4 Å². The Balaban J connectivity index is 0.686. The fraction of sp³-hybridized carbons (Fsp3) is 0.417. The molecule has 8 heterocycles. The highest BCUT2D eigenvalue weighted by Crippen LogP contribution is 2.37. The van der Waals surface area contributed by atoms with Crippen molar-refractivity contribution in [1.29, 1.82) is 0 Å². The Morgan fingerprint density at radius 2 is 1.54 bits per heavy atom. The number of piperidine rings is 1. The Kier molecular flexibility index (Phi) is 12.6. The third kappa shape index (κ3) is 9.67. The molecule has 18 nitrogen and oxygen atoms in total. The largest absolute Gasteiger partial charge is 0.508 e. The van der Waals surface area contributed by atoms with Crippen molar-refractivity contribution in [3.05, 3.63) is 99.6 Å². The summed E-state index contributed by atoms with van der Waals surface area (Å²) in [6.45, 7) is 13.4. The quantitative estimate of drug-likeness (QED) is 0.155. The van der Waals surface area contributed by atoms with Crippen molar-refractivity contribution in [1.82, 2.24) is 49.5 Å². The molecular weight excluding hydrogens is 873 g/mol. The van der Waals surface area contributed by atoms with Crippen LogP contribution >= 0.6 is 11.3 Å². The summed E-state index contributed by atoms with van der Waals surface area (Å²) in [6.07, 6.45) is 8.04. The van der Waals surface area contributed by atoms with Crippen LogP contribution in [0.4, 0.5) is 11.8 Å². The average Bonchev–Trinajstić information content (AvgIpc) is 3.96. The third-order valence-corrected chi connectivity index (χ3v) is 14.1. The van der Waals surface area contributed by atoms with Crippen molar-refractivity contribution in [3.8, 4) is 28.8 Å². The molecule has 4 aliphatic heterocycles. The second-order valence-electron chi connectivity index (χ2n) is 18.0. The Labute approximate surface area is 392 Å². The van der Waals surface area contributed by atoms with Crippen LogP contribution in [-0.2, 0) is 30.9 Å². The summed E-state index contributed by atoms with van der Waals surface area (Å²) in [6, 6.07) is 11.4. The molecule has 2 aromatic carbocycles. The highest BCUT2D eigenvalue weighted by molar-refractivity contribution is 7.19. The van der Waals surface area contributed by atoms with Gasteiger partial charge in [-0.2, -0.15) is 0 Å². The molecule has 4 aliphatic rings. The number of fused-ring (bicyclic) bond motifs is 2. The van der Waals surface area contributed by atoms with E-state index in [1.807, 2.05) is 18.7 Å². The van der Waals surface area contributed by atoms with Crippen LogP contribution in [0.25, 0.3) is 21.6 Å². The molecule has 348 valence electrons. The van der Waals surface area contributed by atoms with Crippen LogP contribution in [0.2, 0.25) is 0 Å². The molecule has 0 spiro atoms. The molecule has 4 aromatic heterocycles. The number of anilines is 2. The predicted molar refractivity (Wildman–Crippen MR) is 252 cm³/mol. The molecular formula is C48H54N12O6S. The fourth-order valence-corrected chi connectivity index (χ4v) is 10.5. The molecule has 3 saturated heterocycles. The number of benzene rings is 2. The minimum atomic E-state index is -0.252. The first kappa shape index (κ1) is 44.3. The van der Waals surface area contributed by atoms with Gasteiger partial charge in [-0.05, 0) is 53.1 Å². The van der Waals surface area contributed by atoms with E-state index in [0.29, 0.717) is 67.9 Å². The number of thiophene rings is 1. The van der Waals surface area contributed by atoms with Gasteiger partial charge >= 0.3 is 0 Å². The number of hydrogen-bond acceptors (Lipinski definition) is 17. The summed E-state index contributed by atoms with van der Waals surface area (Å²) in [5.74, 6) is 1.46. The topological polar surface area (TPSA) is 213 Å². The van der Waals surface area contributed by atoms with Crippen LogP contribution in [0.3, 0.4) is 0 Å². The lowest BCUT2D eigenvalue weighted by atomic mass is 9.98. The van der Waals surface area contributed by atoms with Gasteiger partial charge in [0.1, 0.15) is 23.3 Å². The van der Waals surface area contributed by atoms with E-state index < -0.39 is 0 Å². The van der Waals surface area contributed by atoms with Gasteiger partial charge in [-0.15, -0.1) is 11.3 Å². The molecule has 6 aromatic rings. The average molecular weight is 927 g/mol. The molecule has 10 rings (SSSR count). The number of nitrogens with two attached hydrogens (primary N) is 1. The summed E-state index contributed by atoms with van der Waals surface area (Å²) >= 11 is 1.71. The molecule has 0 bridgehead atoms. The monoisotopic (exact) mass is 926 g/mol. The number of amides is 2. The number of phenolic OH excluding ortho intramolecular Hbond substituents is 2. The van der Waals surface area contributed by atoms with E-state index in [1.165, 1.54) is 22.7 Å². The molecule has 19 heteroatoms. The molecule has 0 radical (unpaired) electrons. The summed E-state index contributed by atoms with van der Waals surface area (Å²) in [5.41, 5.74) is 11.9. The Morgan fingerprint density at radius 3 is 2.27 bits per heavy atom. The number of nitrogens with zero attached hydrogens (tertiary/aromatic N) is 11. The third-order valence-electron chi connectivity index (χ3n) is 13.0. The summed E-state index contributed by atoms with van der Waals surface area (Å²) in [5, 5.41) is 20.8. The number of hydrogen-bond donors (Lipinski definition) is 3. The normalized spacial score (nSPS) is 17.4. The summed E-state index contributed by atoms with van der Waals surface area (Å²) in [7, 11) is 0. The van der Waals surface area contributed by atoms with Crippen molar-refractivity contribution in [3.63, 3.8) is 0 Å². The SMILES string of the molecule is CC(C)c1cc(C(=O)N2Cc3ccc(CN4CCC(Oc5cnc(C(=O)N6CCN(Cc7cc8nc(-c9cnc(N)nc9)nc(N9CCOCC9)c8s7)CC6)cn5)CC4)cc3C2)c(O)cc1O. The standard InChI is InChI=1S/C48H54N12O6S/c1-29(2)36-19-37(41(62)20-40(36)61)46(63)60-26-31-4-3-30(17-32(31)27-60)25-56-7-5-34(6-8-56)66-42-24-50-39(23-51-42)47(64)59-11-9-57(10-12-59)28-35-18-38-43(67-35)45(58-13-15-65-16-14-58)55-44(54-38)33-21-52-48(49)53-22-33/h3-4,17-24,29,34,61-62H,5-16,25-28H2,1-2H3,(H2,49,52,53). The number of nitrogen functional groups attached to an aromatic ring is 1. The van der Waals surface area contributed by atoms with Crippen molar-refractivity contribution in [2.45, 2.75) is 64.9 Å². The van der Waals surface area contributed by atoms with Gasteiger partial charge in [0, 0.05) is 102 Å². The molecule has 67 heavy (non-hydrogen) atoms. The van der Waals surface area contributed by atoms with Gasteiger partial charge in [0.05, 0.1) is 47.0 Å². The van der Waals surface area contributed by atoms with Crippen LogP contribution < -0.4 is 15.4 Å². The molecule has 3 fully saturated rings. The number of aromatic nitrogens is 6. The lowest BCUT2D eigenvalue weighted by Crippen LogP contribution is -2.48. The molecule has 0 saturated carbocycles. The van der Waals surface area contributed by atoms with Crippen LogP contribution in [0, 0.1) is 0 Å². The molecule has 0 aliphatic carbocycles. The summed E-state index contributed by atoms with van der Waals surface area (Å²) in [4.78, 5) is 65.9. The zero-order valence-electron chi connectivity index (χ0n) is 37.7. The van der Waals surface area contributed by atoms with Crippen LogP contribution in [0.1, 0.15) is 80.6 Å². The number of aromatic hydroxyl groups is 2. The minimum Gasteiger partial charge on any atom is -0.508 e. The number of morpholine rings is 1. The number of carbonyl (C=O) groups excluding carboxylic acids is 2. The van der Waals surface area contributed by atoms with Gasteiger partial charge in [-0.1, -0.05) is 32.0 Å². The number of phenols is 2. The Morgan fingerprint density at radius 1 is 0.791 bits per heavy atom. The second kappa shape index (κ2) is 19.0. The van der Waals surface area contributed by atoms with E-state index in [4.69, 9.17) is 25.2 Å². The highest BCUT2D eigenvalue weighted by atomic mass is 32.1. The first-order valence-corrected chi connectivity index (χ1v) is 23.7. The van der Waals surface area contributed by atoms with Crippen molar-refractivity contribution >= 4 is 45.1 Å². The maximum absolute atomic E-state index is 13.5. The zero-order valence-corrected chi connectivity index (χ0v) is 38.5. The van der Waals surface area contributed by atoms with Crippen molar-refractivity contribution in [2.24, 2.45) is 0 Å². The van der Waals surface area contributed by atoms with Gasteiger partial charge in [-0.25, -0.2) is 29.9 Å². The zero-order chi connectivity index (χ0) is 46.2. The van der Waals surface area contributed by atoms with Gasteiger partial charge in [0.2, 0.25) is 11.8 Å². The number of ether oxygens (including phenoxy) is 2. The van der Waals surface area contributed by atoms with E-state index in [2.05, 4.69) is 58.9 Å². The second-order valence-corrected chi connectivity index (χ2v) is 19.1. The van der Waals surface area contributed by atoms with Gasteiger partial charge in [0.25, 0.3) is 11.8 Å². The van der Waals surface area contributed by atoms with E-state index >= 15 is 0 Å². The number of piperazine rings is 1. The number of rotatable bonds is 11. The van der Waals surface area contributed by atoms with Crippen LogP contribution in [0.15, 0.2) is 61.2 Å². The van der Waals surface area contributed by atoms with E-state index in [9.17, 15) is 19.8 Å². The smallest absolute Gasteiger partial charge is 0.274 e. The van der Waals surface area contributed by atoms with Crippen molar-refractivity contribution < 1.29 is 29.3 Å². The van der Waals surface area contributed by atoms with Gasteiger partial charge < -0.3 is 40.1 Å². The van der Waals surface area contributed by atoms with Crippen LogP contribution in [0.5, 0.6) is 17.4 Å². The highest BCUT2D eigenvalue weighted by Gasteiger charge is 2.30. The molecule has 4 N–H and O–H groups in total. The van der Waals surface area contributed by atoms with Gasteiger partial charge in [0.15, 0.2) is 11.6 Å². The number of carbonyl (C=O) groups is 2. The number of likely N-dealkylation sites (tertiary alicyclic amines) is 1. The minimum absolute atomic E-state index is 0.00769. The fourth-order valence-electron chi connectivity index (χ4n) is 9.30. The van der Waals surface area contributed by atoms with E-state index in [-0.39, 0.29) is 46.8 Å². The lowest BCUT2D eigenvalue weighted by Gasteiger charge is -2.34. The van der Waals surface area contributed by atoms with E-state index in [1.54, 1.807) is 40.9 Å². The first-order chi connectivity index (χ1) is 32.5. The first-order valence-electron chi connectivity index (χ1n) is 22.9. The van der Waals surface area contributed by atoms with E-state index in [0.717, 1.165) is 92.4 Å². The lowest BCUT2D eigenvalue weighted by molar-refractivity contribution is 0.0622.